The molecule has 0 radical (unpaired) electrons. The fourth-order valence-corrected chi connectivity index (χ4v) is 3.77. The molecule has 1 aromatic carbocycles. The third-order valence-electron chi connectivity index (χ3n) is 3.82. The number of hydrogen-bond acceptors (Lipinski definition) is 5. The van der Waals surface area contributed by atoms with E-state index in [1.807, 2.05) is 42.7 Å². The molecule has 0 unspecified atom stereocenters. The summed E-state index contributed by atoms with van der Waals surface area (Å²) in [5.41, 5.74) is 12.1. The Kier molecular flexibility index (Phi) is 3.42. The monoisotopic (exact) mass is 341 g/mol. The average molecular weight is 341 g/mol. The van der Waals surface area contributed by atoms with E-state index in [4.69, 9.17) is 20.6 Å². The van der Waals surface area contributed by atoms with E-state index >= 15 is 0 Å². The highest BCUT2D eigenvalue weighted by Gasteiger charge is 2.20. The van der Waals surface area contributed by atoms with Gasteiger partial charge in [-0.15, -0.1) is 11.3 Å². The van der Waals surface area contributed by atoms with Gasteiger partial charge < -0.3 is 25.2 Å². The number of furan rings is 1. The fraction of sp³-hybridized carbons (Fsp3) is 0.118. The predicted octanol–water partition coefficient (Wildman–Crippen LogP) is 3.21. The zero-order chi connectivity index (χ0) is 16.7. The fourth-order valence-electron chi connectivity index (χ4n) is 2.65. The van der Waals surface area contributed by atoms with Crippen LogP contribution in [0, 0.1) is 0 Å². The minimum atomic E-state index is -0.658. The molecule has 0 atom stereocenters. The number of hydrogen-bond donors (Lipinski definition) is 2. The molecule has 0 saturated carbocycles. The van der Waals surface area contributed by atoms with Crippen molar-refractivity contribution in [3.63, 3.8) is 0 Å². The topological polar surface area (TPSA) is 96.4 Å². The van der Waals surface area contributed by atoms with Gasteiger partial charge in [0.05, 0.1) is 11.2 Å². The molecule has 24 heavy (non-hydrogen) atoms. The molecule has 4 rings (SSSR count). The SMILES string of the molecule is NC(=O)c1oc2c(sc3cc(OCCn4cccc4)ccc32)c1N. The molecule has 0 fully saturated rings. The summed E-state index contributed by atoms with van der Waals surface area (Å²) in [5.74, 6) is 0.145. The number of aromatic nitrogens is 1. The minimum absolute atomic E-state index is 0.0187. The number of nitrogens with two attached hydrogens (primary N) is 2. The van der Waals surface area contributed by atoms with Gasteiger partial charge in [0.25, 0.3) is 5.91 Å². The average Bonchev–Trinajstić information content (AvgIpc) is 3.25. The molecule has 1 amide bonds. The molecule has 0 aliphatic carbocycles. The van der Waals surface area contributed by atoms with E-state index in [-0.39, 0.29) is 5.76 Å². The van der Waals surface area contributed by atoms with Crippen molar-refractivity contribution < 1.29 is 13.9 Å². The van der Waals surface area contributed by atoms with E-state index in [1.165, 1.54) is 11.3 Å². The van der Waals surface area contributed by atoms with Crippen molar-refractivity contribution in [1.29, 1.82) is 0 Å². The summed E-state index contributed by atoms with van der Waals surface area (Å²) in [4.78, 5) is 11.3. The highest BCUT2D eigenvalue weighted by atomic mass is 32.1. The summed E-state index contributed by atoms with van der Waals surface area (Å²) in [6.07, 6.45) is 4.00. The van der Waals surface area contributed by atoms with E-state index in [9.17, 15) is 4.79 Å². The zero-order valence-corrected chi connectivity index (χ0v) is 13.5. The first-order chi connectivity index (χ1) is 11.6. The van der Waals surface area contributed by atoms with Crippen molar-refractivity contribution in [3.8, 4) is 5.75 Å². The summed E-state index contributed by atoms with van der Waals surface area (Å²) >= 11 is 1.46. The molecular weight excluding hydrogens is 326 g/mol. The number of benzene rings is 1. The Hall–Kier alpha value is -2.93. The lowest BCUT2D eigenvalue weighted by molar-refractivity contribution is 0.0977. The van der Waals surface area contributed by atoms with Gasteiger partial charge >= 0.3 is 0 Å². The van der Waals surface area contributed by atoms with Gasteiger partial charge in [0.2, 0.25) is 5.76 Å². The Bertz CT molecular complexity index is 1030. The van der Waals surface area contributed by atoms with Crippen molar-refractivity contribution >= 4 is 43.3 Å². The maximum Gasteiger partial charge on any atom is 0.286 e. The van der Waals surface area contributed by atoms with E-state index in [2.05, 4.69) is 4.57 Å². The molecule has 4 N–H and O–H groups in total. The molecule has 3 heterocycles. The van der Waals surface area contributed by atoms with Crippen LogP contribution in [-0.4, -0.2) is 17.1 Å². The number of carbonyl (C=O) groups is 1. The van der Waals surface area contributed by atoms with Gasteiger partial charge in [-0.1, -0.05) is 0 Å². The number of nitrogen functional groups attached to an aromatic ring is 1. The van der Waals surface area contributed by atoms with Gasteiger partial charge in [-0.25, -0.2) is 0 Å². The maximum atomic E-state index is 11.3. The molecule has 0 bridgehead atoms. The summed E-state index contributed by atoms with van der Waals surface area (Å²) in [6.45, 7) is 1.36. The number of primary amides is 1. The van der Waals surface area contributed by atoms with E-state index in [0.717, 1.165) is 27.1 Å². The number of thiophene rings is 1. The number of rotatable bonds is 5. The highest BCUT2D eigenvalue weighted by molar-refractivity contribution is 7.26. The van der Waals surface area contributed by atoms with Crippen molar-refractivity contribution in [2.45, 2.75) is 6.54 Å². The second kappa shape index (κ2) is 5.61. The standard InChI is InChI=1S/C17H15N3O3S/c18-13-15(17(19)21)23-14-11-4-3-10(9-12(11)24-16(13)14)22-8-7-20-5-1-2-6-20/h1-6,9H,7-8,18H2,(H2,19,21). The number of amides is 1. The first kappa shape index (κ1) is 14.6. The lowest BCUT2D eigenvalue weighted by Gasteiger charge is -2.07. The van der Waals surface area contributed by atoms with Gasteiger partial charge in [-0.05, 0) is 30.3 Å². The molecule has 0 aliphatic rings. The number of ether oxygens (including phenoxy) is 1. The number of carbonyl (C=O) groups excluding carboxylic acids is 1. The molecule has 3 aromatic heterocycles. The van der Waals surface area contributed by atoms with Gasteiger partial charge in [-0.2, -0.15) is 0 Å². The smallest absolute Gasteiger partial charge is 0.286 e. The molecule has 7 heteroatoms. The third-order valence-corrected chi connectivity index (χ3v) is 4.98. The lowest BCUT2D eigenvalue weighted by atomic mass is 10.2. The number of nitrogens with zero attached hydrogens (tertiary/aromatic N) is 1. The first-order valence-corrected chi connectivity index (χ1v) is 8.23. The van der Waals surface area contributed by atoms with E-state index in [1.54, 1.807) is 0 Å². The third kappa shape index (κ3) is 2.39. The summed E-state index contributed by atoms with van der Waals surface area (Å²) in [6, 6.07) is 9.71. The molecule has 0 aliphatic heterocycles. The Morgan fingerprint density at radius 2 is 2.08 bits per heavy atom. The van der Waals surface area contributed by atoms with Crippen molar-refractivity contribution in [2.24, 2.45) is 5.73 Å². The number of anilines is 1. The summed E-state index contributed by atoms with van der Waals surface area (Å²) in [5, 5.41) is 0.895. The van der Waals surface area contributed by atoms with E-state index < -0.39 is 5.91 Å². The van der Waals surface area contributed by atoms with Crippen LogP contribution in [0.15, 0.2) is 47.1 Å². The Morgan fingerprint density at radius 1 is 1.29 bits per heavy atom. The van der Waals surface area contributed by atoms with Gasteiger partial charge in [0.15, 0.2) is 5.58 Å². The lowest BCUT2D eigenvalue weighted by Crippen LogP contribution is -2.11. The van der Waals surface area contributed by atoms with Crippen LogP contribution in [-0.2, 0) is 6.54 Å². The van der Waals surface area contributed by atoms with Crippen LogP contribution in [0.3, 0.4) is 0 Å². The van der Waals surface area contributed by atoms with Gasteiger partial charge in [0.1, 0.15) is 18.0 Å². The van der Waals surface area contributed by atoms with Crippen LogP contribution in [0.25, 0.3) is 20.4 Å². The van der Waals surface area contributed by atoms with Crippen LogP contribution in [0.2, 0.25) is 0 Å². The van der Waals surface area contributed by atoms with Crippen molar-refractivity contribution in [2.75, 3.05) is 12.3 Å². The van der Waals surface area contributed by atoms with Gasteiger partial charge in [-0.3, -0.25) is 4.79 Å². The normalized spacial score (nSPS) is 11.3. The molecule has 0 saturated heterocycles. The second-order valence-corrected chi connectivity index (χ2v) is 6.45. The van der Waals surface area contributed by atoms with E-state index in [0.29, 0.717) is 17.9 Å². The highest BCUT2D eigenvalue weighted by Crippen LogP contribution is 2.41. The zero-order valence-electron chi connectivity index (χ0n) is 12.7. The molecule has 4 aromatic rings. The van der Waals surface area contributed by atoms with Crippen LogP contribution in [0.4, 0.5) is 5.69 Å². The van der Waals surface area contributed by atoms with Crippen LogP contribution in [0.5, 0.6) is 5.75 Å². The van der Waals surface area contributed by atoms with Gasteiger partial charge in [0, 0.05) is 22.5 Å². The Morgan fingerprint density at radius 3 is 2.83 bits per heavy atom. The molecule has 122 valence electrons. The number of fused-ring (bicyclic) bond motifs is 3. The Balaban J connectivity index is 1.61. The predicted molar refractivity (Wildman–Crippen MR) is 94.5 cm³/mol. The molecule has 0 spiro atoms. The summed E-state index contributed by atoms with van der Waals surface area (Å²) in [7, 11) is 0. The Labute approximate surface area is 141 Å². The maximum absolute atomic E-state index is 11.3. The minimum Gasteiger partial charge on any atom is -0.492 e. The van der Waals surface area contributed by atoms with Crippen LogP contribution < -0.4 is 16.2 Å². The molecule has 6 nitrogen and oxygen atoms in total. The molecular formula is C17H15N3O3S. The van der Waals surface area contributed by atoms with Crippen LogP contribution >= 0.6 is 11.3 Å². The van der Waals surface area contributed by atoms with Crippen molar-refractivity contribution in [3.05, 3.63) is 48.5 Å². The quantitative estimate of drug-likeness (QED) is 0.582. The second-order valence-electron chi connectivity index (χ2n) is 5.40. The van der Waals surface area contributed by atoms with Crippen LogP contribution in [0.1, 0.15) is 10.6 Å². The summed E-state index contributed by atoms with van der Waals surface area (Å²) < 4.78 is 15.1. The largest absolute Gasteiger partial charge is 0.492 e. The first-order valence-electron chi connectivity index (χ1n) is 7.41. The van der Waals surface area contributed by atoms with Crippen molar-refractivity contribution in [1.82, 2.24) is 4.57 Å².